The Hall–Kier alpha value is -0.830. The third-order valence-corrected chi connectivity index (χ3v) is 3.00. The lowest BCUT2D eigenvalue weighted by Crippen LogP contribution is -2.06. The zero-order valence-corrected chi connectivity index (χ0v) is 10.8. The molecule has 0 radical (unpaired) electrons. The first-order valence-corrected chi connectivity index (χ1v) is 6.92. The van der Waals surface area contributed by atoms with Gasteiger partial charge in [-0.05, 0) is 45.1 Å². The van der Waals surface area contributed by atoms with Crippen LogP contribution < -0.4 is 9.47 Å². The van der Waals surface area contributed by atoms with Crippen molar-refractivity contribution in [3.8, 4) is 11.5 Å². The first kappa shape index (κ1) is 11.6. The Morgan fingerprint density at radius 2 is 1.88 bits per heavy atom. The van der Waals surface area contributed by atoms with Crippen LogP contribution in [0.3, 0.4) is 0 Å². The normalized spacial score (nSPS) is 15.2. The van der Waals surface area contributed by atoms with Gasteiger partial charge >= 0.3 is 0 Å². The zero-order valence-electron chi connectivity index (χ0n) is 10.0. The second kappa shape index (κ2) is 5.00. The van der Waals surface area contributed by atoms with Crippen LogP contribution in [0, 0.1) is 0 Å². The Kier molecular flexibility index (Phi) is 3.64. The minimum atomic E-state index is 0.200. The fraction of sp³-hybridized carbons (Fsp3) is 0.538. The van der Waals surface area contributed by atoms with E-state index in [2.05, 4.69) is 18.4 Å². The van der Waals surface area contributed by atoms with Crippen LogP contribution in [0.1, 0.15) is 26.7 Å². The molecule has 0 heterocycles. The summed E-state index contributed by atoms with van der Waals surface area (Å²) in [6.45, 7) is 4.07. The van der Waals surface area contributed by atoms with Gasteiger partial charge in [0.1, 0.15) is 11.5 Å². The number of hydrogen-bond acceptors (Lipinski definition) is 3. The largest absolute Gasteiger partial charge is 0.491 e. The number of thioether (sulfide) groups is 1. The lowest BCUT2D eigenvalue weighted by Gasteiger charge is -2.13. The van der Waals surface area contributed by atoms with Gasteiger partial charge in [-0.2, -0.15) is 0 Å². The molecule has 0 unspecified atom stereocenters. The van der Waals surface area contributed by atoms with E-state index in [1.807, 2.05) is 19.9 Å². The van der Waals surface area contributed by atoms with Gasteiger partial charge < -0.3 is 9.47 Å². The van der Waals surface area contributed by atoms with E-state index >= 15 is 0 Å². The highest BCUT2D eigenvalue weighted by Crippen LogP contribution is 2.33. The fourth-order valence-corrected chi connectivity index (χ4v) is 1.92. The molecule has 2 rings (SSSR count). The van der Waals surface area contributed by atoms with E-state index in [1.165, 1.54) is 17.7 Å². The molecule has 1 aliphatic rings. The molecule has 0 N–H and O–H groups in total. The van der Waals surface area contributed by atoms with Crippen molar-refractivity contribution >= 4 is 11.8 Å². The molecule has 3 heteroatoms. The van der Waals surface area contributed by atoms with Crippen LogP contribution in [0.4, 0.5) is 0 Å². The summed E-state index contributed by atoms with van der Waals surface area (Å²) in [6, 6.07) is 6.12. The summed E-state index contributed by atoms with van der Waals surface area (Å²) in [6.07, 6.45) is 5.07. The van der Waals surface area contributed by atoms with Crippen LogP contribution in [0.15, 0.2) is 23.1 Å². The lowest BCUT2D eigenvalue weighted by molar-refractivity contribution is 0.238. The van der Waals surface area contributed by atoms with E-state index in [0.29, 0.717) is 6.10 Å². The van der Waals surface area contributed by atoms with Gasteiger partial charge in [0.15, 0.2) is 0 Å². The van der Waals surface area contributed by atoms with Crippen LogP contribution in [-0.2, 0) is 0 Å². The van der Waals surface area contributed by atoms with Gasteiger partial charge in [-0.3, -0.25) is 0 Å². The molecular weight excluding hydrogens is 220 g/mol. The zero-order chi connectivity index (χ0) is 11.5. The summed E-state index contributed by atoms with van der Waals surface area (Å²) in [5.41, 5.74) is 0. The van der Waals surface area contributed by atoms with Crippen molar-refractivity contribution < 1.29 is 9.47 Å². The Bertz CT molecular complexity index is 337. The van der Waals surface area contributed by atoms with E-state index in [1.54, 1.807) is 11.8 Å². The van der Waals surface area contributed by atoms with Crippen LogP contribution in [-0.4, -0.2) is 18.5 Å². The first-order valence-electron chi connectivity index (χ1n) is 5.70. The highest BCUT2D eigenvalue weighted by atomic mass is 32.2. The number of hydrogen-bond donors (Lipinski definition) is 0. The van der Waals surface area contributed by atoms with Gasteiger partial charge in [0.2, 0.25) is 0 Å². The maximum atomic E-state index is 5.80. The number of rotatable bonds is 5. The Labute approximate surface area is 101 Å². The van der Waals surface area contributed by atoms with Crippen LogP contribution >= 0.6 is 11.8 Å². The minimum absolute atomic E-state index is 0.200. The predicted octanol–water partition coefficient (Wildman–Crippen LogP) is 3.74. The third kappa shape index (κ3) is 3.34. The summed E-state index contributed by atoms with van der Waals surface area (Å²) < 4.78 is 11.5. The molecule has 0 spiro atoms. The monoisotopic (exact) mass is 238 g/mol. The third-order valence-electron chi connectivity index (χ3n) is 2.29. The summed E-state index contributed by atoms with van der Waals surface area (Å²) in [5, 5.41) is 0. The van der Waals surface area contributed by atoms with Crippen LogP contribution in [0.2, 0.25) is 0 Å². The standard InChI is InChI=1S/C13H18O2S/c1-9(2)14-11-6-12(15-10-4-5-10)8-13(7-11)16-3/h6-10H,4-5H2,1-3H3. The number of ether oxygens (including phenoxy) is 2. The Morgan fingerprint density at radius 1 is 1.19 bits per heavy atom. The van der Waals surface area contributed by atoms with Crippen LogP contribution in [0.5, 0.6) is 11.5 Å². The average Bonchev–Trinajstić information content (AvgIpc) is 3.00. The van der Waals surface area contributed by atoms with Gasteiger partial charge in [-0.25, -0.2) is 0 Å². The van der Waals surface area contributed by atoms with Gasteiger partial charge in [0.05, 0.1) is 12.2 Å². The summed E-state index contributed by atoms with van der Waals surface area (Å²) in [7, 11) is 0. The molecule has 0 aromatic heterocycles. The van der Waals surface area contributed by atoms with E-state index < -0.39 is 0 Å². The topological polar surface area (TPSA) is 18.5 Å². The molecule has 0 amide bonds. The van der Waals surface area contributed by atoms with Crippen molar-refractivity contribution in [2.45, 2.75) is 43.8 Å². The molecular formula is C13H18O2S. The van der Waals surface area contributed by atoms with Crippen molar-refractivity contribution in [3.63, 3.8) is 0 Å². The molecule has 0 aliphatic heterocycles. The van der Waals surface area contributed by atoms with E-state index in [-0.39, 0.29) is 6.10 Å². The lowest BCUT2D eigenvalue weighted by atomic mass is 10.3. The highest BCUT2D eigenvalue weighted by molar-refractivity contribution is 7.98. The Balaban J connectivity index is 2.15. The molecule has 1 aromatic rings. The molecule has 2 nitrogen and oxygen atoms in total. The number of benzene rings is 1. The Morgan fingerprint density at radius 3 is 2.44 bits per heavy atom. The molecule has 0 bridgehead atoms. The van der Waals surface area contributed by atoms with Crippen molar-refractivity contribution in [3.05, 3.63) is 18.2 Å². The molecule has 1 fully saturated rings. The van der Waals surface area contributed by atoms with Gasteiger partial charge in [-0.1, -0.05) is 0 Å². The fourth-order valence-electron chi connectivity index (χ4n) is 1.45. The van der Waals surface area contributed by atoms with Crippen molar-refractivity contribution in [1.29, 1.82) is 0 Å². The maximum absolute atomic E-state index is 5.80. The molecule has 1 aliphatic carbocycles. The second-order valence-corrected chi connectivity index (χ2v) is 5.21. The maximum Gasteiger partial charge on any atom is 0.124 e. The SMILES string of the molecule is CSc1cc(OC(C)C)cc(OC2CC2)c1. The van der Waals surface area contributed by atoms with Crippen LogP contribution in [0.25, 0.3) is 0 Å². The second-order valence-electron chi connectivity index (χ2n) is 4.33. The highest BCUT2D eigenvalue weighted by Gasteiger charge is 2.23. The average molecular weight is 238 g/mol. The van der Waals surface area contributed by atoms with Gasteiger partial charge in [0.25, 0.3) is 0 Å². The first-order chi connectivity index (χ1) is 7.67. The smallest absolute Gasteiger partial charge is 0.124 e. The summed E-state index contributed by atoms with van der Waals surface area (Å²) >= 11 is 1.71. The van der Waals surface area contributed by atoms with Crippen molar-refractivity contribution in [2.75, 3.05) is 6.26 Å². The van der Waals surface area contributed by atoms with Crippen molar-refractivity contribution in [1.82, 2.24) is 0 Å². The van der Waals surface area contributed by atoms with Crippen molar-refractivity contribution in [2.24, 2.45) is 0 Å². The molecule has 1 aromatic carbocycles. The molecule has 0 saturated heterocycles. The minimum Gasteiger partial charge on any atom is -0.491 e. The molecule has 88 valence electrons. The summed E-state index contributed by atoms with van der Waals surface area (Å²) in [5.74, 6) is 1.84. The summed E-state index contributed by atoms with van der Waals surface area (Å²) in [4.78, 5) is 1.19. The molecule has 0 atom stereocenters. The van der Waals surface area contributed by atoms with E-state index in [9.17, 15) is 0 Å². The quantitative estimate of drug-likeness (QED) is 0.728. The van der Waals surface area contributed by atoms with Gasteiger partial charge in [-0.15, -0.1) is 11.8 Å². The molecule has 16 heavy (non-hydrogen) atoms. The van der Waals surface area contributed by atoms with E-state index in [0.717, 1.165) is 11.5 Å². The molecule has 1 saturated carbocycles. The van der Waals surface area contributed by atoms with Gasteiger partial charge in [0, 0.05) is 11.0 Å². The van der Waals surface area contributed by atoms with E-state index in [4.69, 9.17) is 9.47 Å². The predicted molar refractivity (Wildman–Crippen MR) is 67.6 cm³/mol.